The van der Waals surface area contributed by atoms with E-state index in [1.54, 1.807) is 12.1 Å². The summed E-state index contributed by atoms with van der Waals surface area (Å²) in [6.45, 7) is 4.43. The van der Waals surface area contributed by atoms with E-state index in [-0.39, 0.29) is 10.3 Å². The van der Waals surface area contributed by atoms with Crippen LogP contribution in [0.4, 0.5) is 5.69 Å². The Morgan fingerprint density at radius 1 is 0.968 bits per heavy atom. The molecule has 0 aliphatic carbocycles. The van der Waals surface area contributed by atoms with Gasteiger partial charge in [0, 0.05) is 12.1 Å². The number of non-ortho nitro benzene ring substituents is 1. The highest BCUT2D eigenvalue weighted by Gasteiger charge is 2.42. The lowest BCUT2D eigenvalue weighted by Crippen LogP contribution is -2.53. The number of quaternary nitrogens is 1. The number of rotatable bonds is 8. The van der Waals surface area contributed by atoms with E-state index < -0.39 is 4.92 Å². The molecule has 0 saturated heterocycles. The molecule has 7 heteroatoms. The third-order valence-electron chi connectivity index (χ3n) is 5.32. The molecule has 31 heavy (non-hydrogen) atoms. The Hall–Kier alpha value is -3.71. The number of hydrogen-bond donors (Lipinski definition) is 0. The molecule has 3 aromatic rings. The van der Waals surface area contributed by atoms with E-state index in [1.807, 2.05) is 61.5 Å². The number of para-hydroxylation sites is 2. The van der Waals surface area contributed by atoms with Crippen LogP contribution < -0.4 is 9.57 Å². The zero-order valence-corrected chi connectivity index (χ0v) is 17.3. The van der Waals surface area contributed by atoms with Crippen molar-refractivity contribution in [2.24, 2.45) is 4.99 Å². The van der Waals surface area contributed by atoms with Crippen molar-refractivity contribution in [2.45, 2.75) is 13.5 Å². The van der Waals surface area contributed by atoms with Gasteiger partial charge in [-0.25, -0.2) is 4.99 Å². The van der Waals surface area contributed by atoms with Crippen LogP contribution >= 0.6 is 0 Å². The van der Waals surface area contributed by atoms with Gasteiger partial charge in [-0.05, 0) is 36.8 Å². The van der Waals surface area contributed by atoms with E-state index in [0.717, 1.165) is 17.0 Å². The molecule has 0 aromatic heterocycles. The molecule has 1 aliphatic rings. The summed E-state index contributed by atoms with van der Waals surface area (Å²) in [4.78, 5) is 21.8. The van der Waals surface area contributed by atoms with Gasteiger partial charge in [0.2, 0.25) is 5.75 Å². The highest BCUT2D eigenvalue weighted by molar-refractivity contribution is 5.94. The minimum atomic E-state index is -0.404. The number of amidine groups is 1. The fourth-order valence-corrected chi connectivity index (χ4v) is 3.64. The summed E-state index contributed by atoms with van der Waals surface area (Å²) < 4.78 is 6.25. The molecule has 1 aliphatic heterocycles. The van der Waals surface area contributed by atoms with Crippen LogP contribution in [0.1, 0.15) is 18.1 Å². The second-order valence-corrected chi connectivity index (χ2v) is 7.25. The van der Waals surface area contributed by atoms with E-state index in [4.69, 9.17) is 9.57 Å². The van der Waals surface area contributed by atoms with Crippen molar-refractivity contribution in [1.82, 2.24) is 0 Å². The summed E-state index contributed by atoms with van der Waals surface area (Å²) in [5.74, 6) is 2.05. The van der Waals surface area contributed by atoms with Crippen LogP contribution in [0.2, 0.25) is 0 Å². The topological polar surface area (TPSA) is 74.0 Å². The number of hydrogen-bond acceptors (Lipinski definition) is 5. The second-order valence-electron chi connectivity index (χ2n) is 7.25. The smallest absolute Gasteiger partial charge is 0.272 e. The molecule has 0 spiro atoms. The molecular weight excluding hydrogens is 394 g/mol. The lowest BCUT2D eigenvalue weighted by Gasteiger charge is -2.31. The number of hydroxylamine groups is 3. The zero-order chi connectivity index (χ0) is 21.7. The highest BCUT2D eigenvalue weighted by atomic mass is 16.7. The van der Waals surface area contributed by atoms with Crippen LogP contribution in [-0.4, -0.2) is 35.0 Å². The predicted octanol–water partition coefficient (Wildman–Crippen LogP) is 4.76. The Kier molecular flexibility index (Phi) is 5.95. The fourth-order valence-electron chi connectivity index (χ4n) is 3.64. The monoisotopic (exact) mass is 418 g/mol. The van der Waals surface area contributed by atoms with Gasteiger partial charge in [0.15, 0.2) is 5.75 Å². The van der Waals surface area contributed by atoms with Gasteiger partial charge < -0.3 is 9.57 Å². The van der Waals surface area contributed by atoms with E-state index >= 15 is 0 Å². The normalized spacial score (nSPS) is 17.8. The standard InChI is InChI=1S/C24H24N3O4/c1-2-27(17-16-25-24(27)20-12-14-21(15-13-20)26(28)29)31-23-11-7-6-10-22(23)30-18-19-8-4-3-5-9-19/h3-15H,2,16-18H2,1H3/q+1. The highest BCUT2D eigenvalue weighted by Crippen LogP contribution is 2.33. The number of ether oxygens (including phenoxy) is 1. The molecule has 1 unspecified atom stereocenters. The summed E-state index contributed by atoms with van der Waals surface area (Å²) in [7, 11) is 0. The van der Waals surface area contributed by atoms with Gasteiger partial charge in [-0.3, -0.25) is 10.1 Å². The number of aliphatic imine (C=N–C) groups is 1. The summed E-state index contributed by atoms with van der Waals surface area (Å²) in [6, 6.07) is 24.0. The Labute approximate surface area is 180 Å². The maximum Gasteiger partial charge on any atom is 0.272 e. The van der Waals surface area contributed by atoms with Crippen LogP contribution in [0, 0.1) is 10.1 Å². The lowest BCUT2D eigenvalue weighted by molar-refractivity contribution is -0.998. The number of nitrogens with zero attached hydrogens (tertiary/aromatic N) is 3. The molecule has 0 bridgehead atoms. The minimum absolute atomic E-state index is 0.0533. The van der Waals surface area contributed by atoms with Gasteiger partial charge in [-0.15, -0.1) is 0 Å². The maximum absolute atomic E-state index is 11.0. The number of nitro groups is 1. The molecule has 158 valence electrons. The molecule has 0 amide bonds. The molecule has 1 atom stereocenters. The Morgan fingerprint density at radius 2 is 1.65 bits per heavy atom. The van der Waals surface area contributed by atoms with Crippen LogP contribution in [0.25, 0.3) is 0 Å². The Balaban J connectivity index is 1.58. The van der Waals surface area contributed by atoms with Crippen LogP contribution in [0.3, 0.4) is 0 Å². The van der Waals surface area contributed by atoms with E-state index in [9.17, 15) is 10.1 Å². The van der Waals surface area contributed by atoms with Gasteiger partial charge in [0.05, 0.1) is 17.0 Å². The molecule has 0 fully saturated rings. The number of benzene rings is 3. The Bertz CT molecular complexity index is 1080. The minimum Gasteiger partial charge on any atom is -0.485 e. The van der Waals surface area contributed by atoms with E-state index in [1.165, 1.54) is 12.1 Å². The first-order valence-corrected chi connectivity index (χ1v) is 10.2. The van der Waals surface area contributed by atoms with Gasteiger partial charge >= 0.3 is 0 Å². The van der Waals surface area contributed by atoms with E-state index in [2.05, 4.69) is 4.99 Å². The Morgan fingerprint density at radius 3 is 2.32 bits per heavy atom. The van der Waals surface area contributed by atoms with Gasteiger partial charge in [0.25, 0.3) is 11.5 Å². The van der Waals surface area contributed by atoms with Crippen molar-refractivity contribution < 1.29 is 19.1 Å². The largest absolute Gasteiger partial charge is 0.485 e. The van der Waals surface area contributed by atoms with Crippen LogP contribution in [0.15, 0.2) is 83.9 Å². The molecule has 1 heterocycles. The molecule has 7 nitrogen and oxygen atoms in total. The number of likely N-dealkylation sites (N-methyl/N-ethyl adjacent to an activating group) is 1. The lowest BCUT2D eigenvalue weighted by atomic mass is 10.1. The van der Waals surface area contributed by atoms with Gasteiger partial charge in [0.1, 0.15) is 19.7 Å². The fraction of sp³-hybridized carbons (Fsp3) is 0.208. The first kappa shape index (κ1) is 20.6. The summed E-state index contributed by atoms with van der Waals surface area (Å²) in [6.07, 6.45) is 0. The third kappa shape index (κ3) is 4.41. The molecule has 0 saturated carbocycles. The van der Waals surface area contributed by atoms with Crippen molar-refractivity contribution in [3.05, 3.63) is 100 Å². The van der Waals surface area contributed by atoms with Crippen molar-refractivity contribution in [1.29, 1.82) is 0 Å². The average molecular weight is 418 g/mol. The molecule has 4 rings (SSSR count). The summed E-state index contributed by atoms with van der Waals surface area (Å²) in [5.41, 5.74) is 1.94. The van der Waals surface area contributed by atoms with Crippen molar-refractivity contribution >= 4 is 11.5 Å². The first-order valence-electron chi connectivity index (χ1n) is 10.2. The van der Waals surface area contributed by atoms with Crippen molar-refractivity contribution in [3.8, 4) is 11.5 Å². The molecule has 3 aromatic carbocycles. The third-order valence-corrected chi connectivity index (χ3v) is 5.32. The van der Waals surface area contributed by atoms with Crippen molar-refractivity contribution in [3.63, 3.8) is 0 Å². The predicted molar refractivity (Wildman–Crippen MR) is 118 cm³/mol. The zero-order valence-electron chi connectivity index (χ0n) is 17.3. The number of nitro benzene ring substituents is 1. The maximum atomic E-state index is 11.0. The summed E-state index contributed by atoms with van der Waals surface area (Å²) in [5, 5.41) is 11.0. The van der Waals surface area contributed by atoms with Crippen LogP contribution in [-0.2, 0) is 6.61 Å². The first-order chi connectivity index (χ1) is 15.1. The summed E-state index contributed by atoms with van der Waals surface area (Å²) >= 11 is 0. The SMILES string of the molecule is CC[N+]1(Oc2ccccc2OCc2ccccc2)CCN=C1c1ccc([N+](=O)[O-])cc1. The van der Waals surface area contributed by atoms with E-state index in [0.29, 0.717) is 37.7 Å². The van der Waals surface area contributed by atoms with Crippen LogP contribution in [0.5, 0.6) is 11.5 Å². The van der Waals surface area contributed by atoms with Gasteiger partial charge in [-0.1, -0.05) is 47.1 Å². The quantitative estimate of drug-likeness (QED) is 0.300. The van der Waals surface area contributed by atoms with Gasteiger partial charge in [-0.2, -0.15) is 0 Å². The molecular formula is C24H24N3O4+. The molecule has 0 N–H and O–H groups in total. The van der Waals surface area contributed by atoms with Crippen molar-refractivity contribution in [2.75, 3.05) is 19.6 Å². The second kappa shape index (κ2) is 8.97. The molecule has 0 radical (unpaired) electrons. The average Bonchev–Trinajstić information content (AvgIpc) is 3.23.